The average molecular weight is 311 g/mol. The van der Waals surface area contributed by atoms with Crippen LogP contribution in [0.5, 0.6) is 0 Å². The molecule has 2 rings (SSSR count). The zero-order chi connectivity index (χ0) is 15.5. The fraction of sp³-hybridized carbons (Fsp3) is 0.538. The monoisotopic (exact) mass is 311 g/mol. The number of carboxylic acid groups (broad SMARTS) is 1. The standard InChI is InChI=1S/C13H17N3O4S/c1-2-6-16-10(17)4-3-9(15-16)11(18)14-13(12(19)20)5-7-21-8-13/h3-4H,2,5-8H2,1H3,(H,14,18)(H,19,20). The Morgan fingerprint density at radius 1 is 1.52 bits per heavy atom. The van der Waals surface area contributed by atoms with Crippen LogP contribution in [0.1, 0.15) is 30.3 Å². The van der Waals surface area contributed by atoms with Gasteiger partial charge in [-0.2, -0.15) is 16.9 Å². The summed E-state index contributed by atoms with van der Waals surface area (Å²) in [7, 11) is 0. The van der Waals surface area contributed by atoms with E-state index >= 15 is 0 Å². The Hall–Kier alpha value is -1.83. The highest BCUT2D eigenvalue weighted by Gasteiger charge is 2.43. The molecule has 1 unspecified atom stereocenters. The van der Waals surface area contributed by atoms with E-state index in [-0.39, 0.29) is 11.3 Å². The molecule has 2 heterocycles. The summed E-state index contributed by atoms with van der Waals surface area (Å²) in [5.41, 5.74) is -1.46. The molecule has 0 aliphatic carbocycles. The highest BCUT2D eigenvalue weighted by molar-refractivity contribution is 7.99. The highest BCUT2D eigenvalue weighted by Crippen LogP contribution is 2.28. The fourth-order valence-electron chi connectivity index (χ4n) is 2.11. The first kappa shape index (κ1) is 15.6. The van der Waals surface area contributed by atoms with Crippen molar-refractivity contribution in [2.75, 3.05) is 11.5 Å². The van der Waals surface area contributed by atoms with E-state index < -0.39 is 17.4 Å². The molecular formula is C13H17N3O4S. The fourth-order valence-corrected chi connectivity index (χ4v) is 3.43. The van der Waals surface area contributed by atoms with Crippen LogP contribution in [0.2, 0.25) is 0 Å². The second-order valence-corrected chi connectivity index (χ2v) is 6.03. The van der Waals surface area contributed by atoms with Crippen LogP contribution in [0, 0.1) is 0 Å². The minimum absolute atomic E-state index is 0.0561. The van der Waals surface area contributed by atoms with Gasteiger partial charge in [0.05, 0.1) is 0 Å². The van der Waals surface area contributed by atoms with Crippen LogP contribution in [-0.2, 0) is 11.3 Å². The molecule has 1 aliphatic heterocycles. The maximum Gasteiger partial charge on any atom is 0.330 e. The van der Waals surface area contributed by atoms with Gasteiger partial charge in [-0.25, -0.2) is 9.48 Å². The van der Waals surface area contributed by atoms with Gasteiger partial charge in [0.1, 0.15) is 11.2 Å². The molecule has 0 aromatic carbocycles. The first-order chi connectivity index (χ1) is 9.98. The molecule has 114 valence electrons. The van der Waals surface area contributed by atoms with Crippen molar-refractivity contribution < 1.29 is 14.7 Å². The molecule has 1 aromatic rings. The number of hydrogen-bond donors (Lipinski definition) is 2. The van der Waals surface area contributed by atoms with Crippen molar-refractivity contribution in [2.45, 2.75) is 31.8 Å². The van der Waals surface area contributed by atoms with Gasteiger partial charge in [0.2, 0.25) is 0 Å². The lowest BCUT2D eigenvalue weighted by atomic mass is 9.99. The second kappa shape index (κ2) is 6.30. The van der Waals surface area contributed by atoms with Crippen LogP contribution in [0.25, 0.3) is 0 Å². The average Bonchev–Trinajstić information content (AvgIpc) is 2.91. The number of thioether (sulfide) groups is 1. The molecule has 1 amide bonds. The normalized spacial score (nSPS) is 21.2. The van der Waals surface area contributed by atoms with Crippen molar-refractivity contribution in [1.29, 1.82) is 0 Å². The third-order valence-corrected chi connectivity index (χ3v) is 4.51. The molecule has 7 nitrogen and oxygen atoms in total. The van der Waals surface area contributed by atoms with Crippen LogP contribution in [-0.4, -0.2) is 43.8 Å². The van der Waals surface area contributed by atoms with Crippen LogP contribution in [0.4, 0.5) is 0 Å². The van der Waals surface area contributed by atoms with E-state index in [2.05, 4.69) is 10.4 Å². The summed E-state index contributed by atoms with van der Waals surface area (Å²) in [6.07, 6.45) is 1.10. The van der Waals surface area contributed by atoms with Crippen LogP contribution in [0.15, 0.2) is 16.9 Å². The van der Waals surface area contributed by atoms with Crippen molar-refractivity contribution in [3.8, 4) is 0 Å². The Morgan fingerprint density at radius 2 is 2.29 bits per heavy atom. The van der Waals surface area contributed by atoms with Gasteiger partial charge in [-0.15, -0.1) is 0 Å². The lowest BCUT2D eigenvalue weighted by molar-refractivity contribution is -0.143. The van der Waals surface area contributed by atoms with Gasteiger partial charge in [-0.1, -0.05) is 6.92 Å². The minimum Gasteiger partial charge on any atom is -0.479 e. The molecule has 0 spiro atoms. The Morgan fingerprint density at radius 3 is 2.86 bits per heavy atom. The second-order valence-electron chi connectivity index (χ2n) is 4.92. The molecule has 0 bridgehead atoms. The summed E-state index contributed by atoms with van der Waals surface area (Å²) in [5, 5.41) is 15.9. The molecule has 1 aliphatic rings. The van der Waals surface area contributed by atoms with Crippen molar-refractivity contribution in [3.05, 3.63) is 28.2 Å². The van der Waals surface area contributed by atoms with Gasteiger partial charge in [-0.3, -0.25) is 9.59 Å². The van der Waals surface area contributed by atoms with Crippen molar-refractivity contribution >= 4 is 23.6 Å². The Bertz CT molecular complexity index is 608. The number of aromatic nitrogens is 2. The summed E-state index contributed by atoms with van der Waals surface area (Å²) in [6.45, 7) is 2.32. The lowest BCUT2D eigenvalue weighted by Crippen LogP contribution is -2.55. The quantitative estimate of drug-likeness (QED) is 0.813. The van der Waals surface area contributed by atoms with Gasteiger partial charge in [0, 0.05) is 18.4 Å². The highest BCUT2D eigenvalue weighted by atomic mass is 32.2. The molecule has 1 saturated heterocycles. The molecule has 1 aromatic heterocycles. The maximum atomic E-state index is 12.2. The molecular weight excluding hydrogens is 294 g/mol. The van der Waals surface area contributed by atoms with Gasteiger partial charge in [-0.05, 0) is 24.7 Å². The molecule has 21 heavy (non-hydrogen) atoms. The predicted molar refractivity (Wildman–Crippen MR) is 78.6 cm³/mol. The molecule has 1 fully saturated rings. The van der Waals surface area contributed by atoms with Crippen molar-refractivity contribution in [3.63, 3.8) is 0 Å². The van der Waals surface area contributed by atoms with Gasteiger partial charge < -0.3 is 10.4 Å². The third-order valence-electron chi connectivity index (χ3n) is 3.32. The number of hydrogen-bond acceptors (Lipinski definition) is 5. The number of aryl methyl sites for hydroxylation is 1. The first-order valence-corrected chi connectivity index (χ1v) is 7.86. The number of rotatable bonds is 5. The van der Waals surface area contributed by atoms with Gasteiger partial charge >= 0.3 is 5.97 Å². The Balaban J connectivity index is 2.22. The largest absolute Gasteiger partial charge is 0.479 e. The summed E-state index contributed by atoms with van der Waals surface area (Å²) in [5.74, 6) is -0.578. The van der Waals surface area contributed by atoms with E-state index in [9.17, 15) is 19.5 Å². The van der Waals surface area contributed by atoms with Gasteiger partial charge in [0.25, 0.3) is 11.5 Å². The van der Waals surface area contributed by atoms with E-state index in [1.807, 2.05) is 6.92 Å². The zero-order valence-electron chi connectivity index (χ0n) is 11.7. The summed E-state index contributed by atoms with van der Waals surface area (Å²) < 4.78 is 1.21. The van der Waals surface area contributed by atoms with E-state index in [4.69, 9.17) is 0 Å². The number of carboxylic acids is 1. The van der Waals surface area contributed by atoms with E-state index in [0.717, 1.165) is 0 Å². The number of nitrogens with one attached hydrogen (secondary N) is 1. The third kappa shape index (κ3) is 3.26. The first-order valence-electron chi connectivity index (χ1n) is 6.70. The number of aliphatic carboxylic acids is 1. The van der Waals surface area contributed by atoms with Crippen LogP contribution >= 0.6 is 11.8 Å². The van der Waals surface area contributed by atoms with E-state index in [0.29, 0.717) is 30.9 Å². The zero-order valence-corrected chi connectivity index (χ0v) is 12.5. The molecule has 2 N–H and O–H groups in total. The predicted octanol–water partition coefficient (Wildman–Crippen LogP) is 0.343. The van der Waals surface area contributed by atoms with Crippen LogP contribution in [0.3, 0.4) is 0 Å². The van der Waals surface area contributed by atoms with Crippen LogP contribution < -0.4 is 10.9 Å². The van der Waals surface area contributed by atoms with E-state index in [1.165, 1.54) is 28.6 Å². The smallest absolute Gasteiger partial charge is 0.330 e. The maximum absolute atomic E-state index is 12.2. The SMILES string of the molecule is CCCn1nc(C(=O)NC2(C(=O)O)CCSC2)ccc1=O. The minimum atomic E-state index is -1.24. The Kier molecular flexibility index (Phi) is 4.66. The summed E-state index contributed by atoms with van der Waals surface area (Å²) in [4.78, 5) is 35.2. The molecule has 0 saturated carbocycles. The summed E-state index contributed by atoms with van der Waals surface area (Å²) in [6, 6.07) is 2.59. The molecule has 8 heteroatoms. The topological polar surface area (TPSA) is 101 Å². The summed E-state index contributed by atoms with van der Waals surface area (Å²) >= 11 is 1.49. The van der Waals surface area contributed by atoms with Gasteiger partial charge in [0.15, 0.2) is 0 Å². The van der Waals surface area contributed by atoms with Crippen molar-refractivity contribution in [2.24, 2.45) is 0 Å². The number of nitrogens with zero attached hydrogens (tertiary/aromatic N) is 2. The number of carbonyl (C=O) groups is 2. The molecule has 0 radical (unpaired) electrons. The molecule has 1 atom stereocenters. The number of carbonyl (C=O) groups excluding carboxylic acids is 1. The Labute approximate surface area is 125 Å². The van der Waals surface area contributed by atoms with Crippen molar-refractivity contribution in [1.82, 2.24) is 15.1 Å². The number of amides is 1. The van der Waals surface area contributed by atoms with E-state index in [1.54, 1.807) is 0 Å². The lowest BCUT2D eigenvalue weighted by Gasteiger charge is -2.24.